The van der Waals surface area contributed by atoms with Crippen LogP contribution in [0.2, 0.25) is 0 Å². The molecule has 0 radical (unpaired) electrons. The summed E-state index contributed by atoms with van der Waals surface area (Å²) < 4.78 is 22.1. The van der Waals surface area contributed by atoms with E-state index in [-0.39, 0.29) is 35.6 Å². The number of fused-ring (bicyclic) bond motifs is 1. The molecular formula is C31H39FN6O4. The first kappa shape index (κ1) is 32.0. The van der Waals surface area contributed by atoms with Crippen LogP contribution in [0.1, 0.15) is 67.2 Å². The van der Waals surface area contributed by atoms with Crippen molar-refractivity contribution in [1.29, 1.82) is 0 Å². The molecule has 1 fully saturated rings. The van der Waals surface area contributed by atoms with E-state index < -0.39 is 23.0 Å². The summed E-state index contributed by atoms with van der Waals surface area (Å²) in [5.41, 5.74) is -0.417. The van der Waals surface area contributed by atoms with E-state index in [0.717, 1.165) is 18.9 Å². The average molecular weight is 579 g/mol. The van der Waals surface area contributed by atoms with Gasteiger partial charge in [-0.05, 0) is 63.8 Å². The van der Waals surface area contributed by atoms with Crippen molar-refractivity contribution in [2.75, 3.05) is 10.6 Å². The van der Waals surface area contributed by atoms with E-state index >= 15 is 0 Å². The molecule has 11 heteroatoms. The number of imidazole rings is 1. The Morgan fingerprint density at radius 1 is 1.12 bits per heavy atom. The number of carbonyl (C=O) groups excluding carboxylic acids is 3. The molecule has 10 nitrogen and oxygen atoms in total. The predicted octanol–water partition coefficient (Wildman–Crippen LogP) is 6.38. The second kappa shape index (κ2) is 14.4. The van der Waals surface area contributed by atoms with E-state index in [4.69, 9.17) is 4.74 Å². The number of halogens is 1. The summed E-state index contributed by atoms with van der Waals surface area (Å²) in [5.74, 6) is -1.15. The van der Waals surface area contributed by atoms with Gasteiger partial charge in [0.25, 0.3) is 0 Å². The molecule has 2 aromatic heterocycles. The minimum Gasteiger partial charge on any atom is -0.437 e. The monoisotopic (exact) mass is 578 g/mol. The Morgan fingerprint density at radius 3 is 2.48 bits per heavy atom. The highest BCUT2D eigenvalue weighted by molar-refractivity contribution is 6.10. The molecule has 0 aliphatic heterocycles. The maximum atomic E-state index is 15.0. The molecule has 1 saturated carbocycles. The number of amides is 3. The van der Waals surface area contributed by atoms with Crippen molar-refractivity contribution in [3.05, 3.63) is 66.3 Å². The average Bonchev–Trinajstić information content (AvgIpc) is 3.76. The number of nitrogens with zero attached hydrogens (tertiary/aromatic N) is 3. The lowest BCUT2D eigenvalue weighted by Crippen LogP contribution is -2.46. The maximum absolute atomic E-state index is 15.0. The van der Waals surface area contributed by atoms with Crippen molar-refractivity contribution in [1.82, 2.24) is 19.9 Å². The van der Waals surface area contributed by atoms with Crippen LogP contribution in [0, 0.1) is 17.2 Å². The summed E-state index contributed by atoms with van der Waals surface area (Å²) in [7, 11) is 0. The largest absolute Gasteiger partial charge is 0.437 e. The first-order chi connectivity index (χ1) is 20.2. The Bertz CT molecular complexity index is 1490. The van der Waals surface area contributed by atoms with E-state index in [1.165, 1.54) is 23.6 Å². The Balaban J connectivity index is 0.00000237. The van der Waals surface area contributed by atoms with Crippen molar-refractivity contribution >= 4 is 34.9 Å². The molecule has 3 amide bonds. The molecule has 1 atom stereocenters. The molecule has 0 spiro atoms. The number of hydrogen-bond acceptors (Lipinski definition) is 6. The number of hydrogen-bond donors (Lipinski definition) is 3. The molecule has 3 aromatic rings. The van der Waals surface area contributed by atoms with Crippen LogP contribution in [0.15, 0.2) is 60.5 Å². The Hall–Kier alpha value is -4.54. The molecular weight excluding hydrogens is 539 g/mol. The number of ether oxygens (including phenoxy) is 1. The van der Waals surface area contributed by atoms with E-state index in [9.17, 15) is 18.8 Å². The number of carbonyl (C=O) groups is 3. The summed E-state index contributed by atoms with van der Waals surface area (Å²) in [6.45, 7) is 11.0. The maximum Gasteiger partial charge on any atom is 0.239 e. The third-order valence-corrected chi connectivity index (χ3v) is 6.64. The van der Waals surface area contributed by atoms with E-state index in [2.05, 4.69) is 26.0 Å². The summed E-state index contributed by atoms with van der Waals surface area (Å²) in [4.78, 5) is 42.4. The summed E-state index contributed by atoms with van der Waals surface area (Å²) >= 11 is 0. The number of nitrogens with one attached hydrogen (secondary N) is 3. The molecule has 1 aromatic carbocycles. The number of anilines is 2. The van der Waals surface area contributed by atoms with Gasteiger partial charge in [0.05, 0.1) is 11.9 Å². The predicted molar refractivity (Wildman–Crippen MR) is 161 cm³/mol. The molecule has 1 aliphatic carbocycles. The van der Waals surface area contributed by atoms with Gasteiger partial charge < -0.3 is 20.7 Å². The molecule has 1 aliphatic rings. The van der Waals surface area contributed by atoms with E-state index in [1.807, 2.05) is 33.8 Å². The highest BCUT2D eigenvalue weighted by atomic mass is 19.1. The van der Waals surface area contributed by atoms with Crippen LogP contribution in [0.25, 0.3) is 5.65 Å². The smallest absolute Gasteiger partial charge is 0.239 e. The summed E-state index contributed by atoms with van der Waals surface area (Å²) in [6.07, 6.45) is 9.64. The second-order valence-electron chi connectivity index (χ2n) is 9.77. The van der Waals surface area contributed by atoms with Crippen LogP contribution in [0.3, 0.4) is 0 Å². The normalized spacial score (nSPS) is 14.5. The van der Waals surface area contributed by atoms with Gasteiger partial charge >= 0.3 is 0 Å². The zero-order valence-electron chi connectivity index (χ0n) is 25.0. The quantitative estimate of drug-likeness (QED) is 0.179. The summed E-state index contributed by atoms with van der Waals surface area (Å²) in [5, 5.41) is 12.4. The van der Waals surface area contributed by atoms with Gasteiger partial charge in [-0.1, -0.05) is 39.8 Å². The lowest BCUT2D eigenvalue weighted by atomic mass is 9.85. The first-order valence-electron chi connectivity index (χ1n) is 14.3. The molecule has 224 valence electrons. The fraction of sp³-hybridized carbons (Fsp3) is 0.387. The van der Waals surface area contributed by atoms with Crippen LogP contribution in [-0.2, 0) is 14.4 Å². The van der Waals surface area contributed by atoms with Gasteiger partial charge in [-0.2, -0.15) is 0 Å². The van der Waals surface area contributed by atoms with Gasteiger partial charge in [-0.15, -0.1) is 5.10 Å². The fourth-order valence-electron chi connectivity index (χ4n) is 3.85. The highest BCUT2D eigenvalue weighted by Gasteiger charge is 2.40. The van der Waals surface area contributed by atoms with Crippen LogP contribution in [0.5, 0.6) is 11.6 Å². The third-order valence-electron chi connectivity index (χ3n) is 6.64. The van der Waals surface area contributed by atoms with Gasteiger partial charge in [-0.3, -0.25) is 14.4 Å². The van der Waals surface area contributed by atoms with E-state index in [0.29, 0.717) is 23.6 Å². The lowest BCUT2D eigenvalue weighted by Gasteiger charge is -2.26. The van der Waals surface area contributed by atoms with Gasteiger partial charge in [0.15, 0.2) is 11.5 Å². The zero-order valence-corrected chi connectivity index (χ0v) is 25.0. The van der Waals surface area contributed by atoms with Gasteiger partial charge in [0.1, 0.15) is 17.0 Å². The number of aromatic nitrogens is 3. The van der Waals surface area contributed by atoms with Crippen molar-refractivity contribution < 1.29 is 23.5 Å². The minimum absolute atomic E-state index is 0.0474. The molecule has 1 unspecified atom stereocenters. The topological polar surface area (TPSA) is 127 Å². The number of benzene rings is 1. The van der Waals surface area contributed by atoms with Crippen LogP contribution >= 0.6 is 0 Å². The van der Waals surface area contributed by atoms with Gasteiger partial charge in [0.2, 0.25) is 23.6 Å². The highest BCUT2D eigenvalue weighted by Crippen LogP contribution is 2.31. The Morgan fingerprint density at radius 2 is 1.86 bits per heavy atom. The molecule has 42 heavy (non-hydrogen) atoms. The number of allylic oxidation sites excluding steroid dienone is 3. The third kappa shape index (κ3) is 7.80. The Labute approximate surface area is 245 Å². The molecule has 0 saturated heterocycles. The van der Waals surface area contributed by atoms with Crippen LogP contribution in [-0.4, -0.2) is 32.3 Å². The minimum atomic E-state index is -1.43. The van der Waals surface area contributed by atoms with E-state index in [1.54, 1.807) is 37.4 Å². The van der Waals surface area contributed by atoms with Crippen molar-refractivity contribution in [2.45, 2.75) is 67.2 Å². The molecule has 4 rings (SSSR count). The van der Waals surface area contributed by atoms with Gasteiger partial charge in [0, 0.05) is 23.7 Å². The van der Waals surface area contributed by atoms with Crippen molar-refractivity contribution in [2.24, 2.45) is 11.3 Å². The standard InChI is InChI=1S/C29H33FN6O4.C2H6/c1-5-8-19(9-6-2)31-27(38)29(4,7-3)28(39)32-22-13-12-20(16-21(22)30)40-25-15-14-24-33-23(17-36(24)35-25)34-26(37)18-10-11-18;1-2/h5,8-9,12-18H,6-7,10-11H2,1-4H3,(H,31,38)(H,32,39)(H,34,37);1-2H3/b8-5-,19-9+;. The fourth-order valence-corrected chi connectivity index (χ4v) is 3.85. The zero-order chi connectivity index (χ0) is 30.9. The van der Waals surface area contributed by atoms with Crippen molar-refractivity contribution in [3.63, 3.8) is 0 Å². The van der Waals surface area contributed by atoms with Crippen molar-refractivity contribution in [3.8, 4) is 11.6 Å². The molecule has 2 heterocycles. The van der Waals surface area contributed by atoms with Crippen LogP contribution < -0.4 is 20.7 Å². The first-order valence-corrected chi connectivity index (χ1v) is 14.3. The molecule has 0 bridgehead atoms. The Kier molecular flexibility index (Phi) is 11.0. The van der Waals surface area contributed by atoms with Crippen LogP contribution in [0.4, 0.5) is 15.9 Å². The SMILES string of the molecule is C/C=C\C(=C/CC)NC(=O)C(C)(CC)C(=O)Nc1ccc(Oc2ccc3nc(NC(=O)C4CC4)cn3n2)cc1F.CC. The second-order valence-corrected chi connectivity index (χ2v) is 9.77. The number of rotatable bonds is 11. The molecule has 3 N–H and O–H groups in total. The summed E-state index contributed by atoms with van der Waals surface area (Å²) in [6, 6.07) is 7.20. The lowest BCUT2D eigenvalue weighted by molar-refractivity contribution is -0.139. The van der Waals surface area contributed by atoms with Gasteiger partial charge in [-0.25, -0.2) is 13.9 Å².